The number of carbonyl (C=O) groups excluding carboxylic acids is 1. The van der Waals surface area contributed by atoms with E-state index in [2.05, 4.69) is 11.9 Å². The zero-order chi connectivity index (χ0) is 13.3. The Morgan fingerprint density at radius 3 is 2.89 bits per heavy atom. The molecule has 6 heteroatoms. The minimum Gasteiger partial charge on any atom is -0.346 e. The zero-order valence-electron chi connectivity index (χ0n) is 9.52. The molecule has 1 aromatic carbocycles. The minimum absolute atomic E-state index is 0.0618. The van der Waals surface area contributed by atoms with Gasteiger partial charge in [-0.1, -0.05) is 6.58 Å². The van der Waals surface area contributed by atoms with Crippen molar-refractivity contribution in [1.29, 1.82) is 0 Å². The summed E-state index contributed by atoms with van der Waals surface area (Å²) in [6, 6.07) is 3.00. The summed E-state index contributed by atoms with van der Waals surface area (Å²) in [4.78, 5) is 11.4. The van der Waals surface area contributed by atoms with Crippen molar-refractivity contribution in [3.63, 3.8) is 0 Å². The summed E-state index contributed by atoms with van der Waals surface area (Å²) in [7, 11) is -3.38. The molecule has 1 amide bonds. The van der Waals surface area contributed by atoms with Gasteiger partial charge in [-0.3, -0.25) is 4.79 Å². The molecule has 1 aromatic rings. The lowest BCUT2D eigenvalue weighted by molar-refractivity contribution is -0.117. The molecule has 1 aliphatic rings. The Balaban J connectivity index is 2.47. The minimum atomic E-state index is -3.38. The number of rotatable bonds is 2. The van der Waals surface area contributed by atoms with Gasteiger partial charge in [0.15, 0.2) is 9.84 Å². The fourth-order valence-electron chi connectivity index (χ4n) is 1.99. The number of benzene rings is 1. The Kier molecular flexibility index (Phi) is 3.21. The van der Waals surface area contributed by atoms with Crippen molar-refractivity contribution in [2.75, 3.05) is 5.75 Å². The second-order valence-corrected chi connectivity index (χ2v) is 6.13. The van der Waals surface area contributed by atoms with Crippen LogP contribution >= 0.6 is 0 Å². The lowest BCUT2D eigenvalue weighted by Gasteiger charge is -2.25. The number of halogens is 1. The van der Waals surface area contributed by atoms with Crippen LogP contribution in [0.1, 0.15) is 18.0 Å². The van der Waals surface area contributed by atoms with Gasteiger partial charge in [0.2, 0.25) is 5.91 Å². The lowest BCUT2D eigenvalue weighted by Crippen LogP contribution is -2.33. The van der Waals surface area contributed by atoms with Crippen LogP contribution in [-0.4, -0.2) is 20.1 Å². The van der Waals surface area contributed by atoms with Gasteiger partial charge in [0, 0.05) is 0 Å². The van der Waals surface area contributed by atoms with E-state index in [1.165, 1.54) is 6.07 Å². The van der Waals surface area contributed by atoms with E-state index in [4.69, 9.17) is 0 Å². The Morgan fingerprint density at radius 2 is 2.22 bits per heavy atom. The first-order chi connectivity index (χ1) is 8.44. The van der Waals surface area contributed by atoms with E-state index in [0.29, 0.717) is 5.56 Å². The summed E-state index contributed by atoms with van der Waals surface area (Å²) in [6.07, 6.45) is 1.33. The van der Waals surface area contributed by atoms with Crippen LogP contribution in [0.15, 0.2) is 35.7 Å². The van der Waals surface area contributed by atoms with Gasteiger partial charge < -0.3 is 5.32 Å². The molecule has 96 valence electrons. The van der Waals surface area contributed by atoms with Crippen LogP contribution in [-0.2, 0) is 14.6 Å². The molecule has 18 heavy (non-hydrogen) atoms. The summed E-state index contributed by atoms with van der Waals surface area (Å²) in [5.74, 6) is -0.994. The smallest absolute Gasteiger partial charge is 0.243 e. The molecule has 1 aliphatic heterocycles. The molecule has 0 spiro atoms. The molecule has 0 bridgehead atoms. The first-order valence-electron chi connectivity index (χ1n) is 5.39. The second kappa shape index (κ2) is 4.53. The first-order valence-corrected chi connectivity index (χ1v) is 7.04. The van der Waals surface area contributed by atoms with Crippen molar-refractivity contribution >= 4 is 15.7 Å². The van der Waals surface area contributed by atoms with Crippen LogP contribution in [0.5, 0.6) is 0 Å². The van der Waals surface area contributed by atoms with Crippen LogP contribution in [0.25, 0.3) is 0 Å². The molecule has 2 rings (SSSR count). The highest BCUT2D eigenvalue weighted by molar-refractivity contribution is 7.91. The van der Waals surface area contributed by atoms with E-state index >= 15 is 0 Å². The number of sulfone groups is 1. The molecule has 1 unspecified atom stereocenters. The van der Waals surface area contributed by atoms with Gasteiger partial charge in [-0.15, -0.1) is 0 Å². The van der Waals surface area contributed by atoms with Gasteiger partial charge in [-0.2, -0.15) is 0 Å². The maximum absolute atomic E-state index is 13.2. The van der Waals surface area contributed by atoms with Crippen molar-refractivity contribution in [2.45, 2.75) is 17.4 Å². The standard InChI is InChI=1S/C12H12FNO3S/c1-2-12(15)14-10-5-6-18(16,17)11-4-3-8(13)7-9(10)11/h2-4,7,10H,1,5-6H2,(H,14,15). The number of hydrogen-bond acceptors (Lipinski definition) is 3. The third kappa shape index (κ3) is 2.28. The molecule has 0 aliphatic carbocycles. The van der Waals surface area contributed by atoms with Gasteiger partial charge in [0.25, 0.3) is 0 Å². The SMILES string of the molecule is C=CC(=O)NC1CCS(=O)(=O)c2ccc(F)cc21. The van der Waals surface area contributed by atoms with E-state index in [0.717, 1.165) is 18.2 Å². The fourth-order valence-corrected chi connectivity index (χ4v) is 3.60. The lowest BCUT2D eigenvalue weighted by atomic mass is 10.0. The molecule has 0 radical (unpaired) electrons. The molecule has 4 nitrogen and oxygen atoms in total. The summed E-state index contributed by atoms with van der Waals surface area (Å²) in [6.45, 7) is 3.32. The molecule has 0 aromatic heterocycles. The van der Waals surface area contributed by atoms with Gasteiger partial charge >= 0.3 is 0 Å². The van der Waals surface area contributed by atoms with Crippen LogP contribution in [0.2, 0.25) is 0 Å². The average Bonchev–Trinajstić information content (AvgIpc) is 2.32. The highest BCUT2D eigenvalue weighted by Crippen LogP contribution is 2.32. The fraction of sp³-hybridized carbons (Fsp3) is 0.250. The molecular formula is C12H12FNO3S. The molecule has 0 fully saturated rings. The van der Waals surface area contributed by atoms with E-state index in [1.54, 1.807) is 0 Å². The van der Waals surface area contributed by atoms with Crippen molar-refractivity contribution in [2.24, 2.45) is 0 Å². The van der Waals surface area contributed by atoms with E-state index in [1.807, 2.05) is 0 Å². The summed E-state index contributed by atoms with van der Waals surface area (Å²) >= 11 is 0. The van der Waals surface area contributed by atoms with Gasteiger partial charge in [-0.25, -0.2) is 12.8 Å². The topological polar surface area (TPSA) is 63.2 Å². The number of amides is 1. The maximum atomic E-state index is 13.2. The monoisotopic (exact) mass is 269 g/mol. The van der Waals surface area contributed by atoms with E-state index in [9.17, 15) is 17.6 Å². The molecule has 1 atom stereocenters. The van der Waals surface area contributed by atoms with Crippen LogP contribution in [0.3, 0.4) is 0 Å². The maximum Gasteiger partial charge on any atom is 0.243 e. The molecule has 0 saturated heterocycles. The predicted molar refractivity (Wildman–Crippen MR) is 64.2 cm³/mol. The Hall–Kier alpha value is -1.69. The van der Waals surface area contributed by atoms with Crippen molar-refractivity contribution in [3.05, 3.63) is 42.2 Å². The van der Waals surface area contributed by atoms with Gasteiger partial charge in [0.05, 0.1) is 16.7 Å². The van der Waals surface area contributed by atoms with Crippen molar-refractivity contribution in [1.82, 2.24) is 5.32 Å². The third-order valence-corrected chi connectivity index (χ3v) is 4.67. The number of carbonyl (C=O) groups is 1. The van der Waals surface area contributed by atoms with Crippen LogP contribution in [0.4, 0.5) is 4.39 Å². The number of hydrogen-bond donors (Lipinski definition) is 1. The number of fused-ring (bicyclic) bond motifs is 1. The zero-order valence-corrected chi connectivity index (χ0v) is 10.3. The van der Waals surface area contributed by atoms with Gasteiger partial charge in [0.1, 0.15) is 5.82 Å². The normalized spacial score (nSPS) is 20.8. The summed E-state index contributed by atoms with van der Waals surface area (Å²) in [5.41, 5.74) is 0.302. The van der Waals surface area contributed by atoms with Gasteiger partial charge in [-0.05, 0) is 36.3 Å². The molecule has 1 N–H and O–H groups in total. The molecule has 1 heterocycles. The highest BCUT2D eigenvalue weighted by atomic mass is 32.2. The Bertz CT molecular complexity index is 610. The highest BCUT2D eigenvalue weighted by Gasteiger charge is 2.31. The van der Waals surface area contributed by atoms with Crippen LogP contribution < -0.4 is 5.32 Å². The summed E-state index contributed by atoms with van der Waals surface area (Å²) < 4.78 is 36.9. The van der Waals surface area contributed by atoms with Crippen LogP contribution in [0, 0.1) is 5.82 Å². The molecule has 0 saturated carbocycles. The van der Waals surface area contributed by atoms with E-state index < -0.39 is 27.6 Å². The van der Waals surface area contributed by atoms with Crippen molar-refractivity contribution < 1.29 is 17.6 Å². The third-order valence-electron chi connectivity index (χ3n) is 2.86. The molecular weight excluding hydrogens is 257 g/mol. The Labute approximate surface area is 104 Å². The Morgan fingerprint density at radius 1 is 1.50 bits per heavy atom. The average molecular weight is 269 g/mol. The largest absolute Gasteiger partial charge is 0.346 e. The first kappa shape index (κ1) is 12.8. The summed E-state index contributed by atoms with van der Waals surface area (Å²) in [5, 5.41) is 2.60. The van der Waals surface area contributed by atoms with Crippen molar-refractivity contribution in [3.8, 4) is 0 Å². The number of nitrogens with one attached hydrogen (secondary N) is 1. The van der Waals surface area contributed by atoms with E-state index in [-0.39, 0.29) is 17.1 Å². The predicted octanol–water partition coefficient (Wildman–Crippen LogP) is 1.35. The second-order valence-electron chi connectivity index (χ2n) is 4.05. The quantitative estimate of drug-likeness (QED) is 0.651.